The average molecular weight is 358 g/mol. The van der Waals surface area contributed by atoms with Gasteiger partial charge in [-0.15, -0.1) is 0 Å². The van der Waals surface area contributed by atoms with Gasteiger partial charge in [-0.1, -0.05) is 30.3 Å². The van der Waals surface area contributed by atoms with Crippen LogP contribution in [0.25, 0.3) is 0 Å². The number of benzene rings is 1. The number of hydrogen-bond acceptors (Lipinski definition) is 5. The topological polar surface area (TPSA) is 68.6 Å². The van der Waals surface area contributed by atoms with Crippen LogP contribution in [-0.4, -0.2) is 53.1 Å². The highest BCUT2D eigenvalue weighted by molar-refractivity contribution is 5.67. The van der Waals surface area contributed by atoms with Crippen molar-refractivity contribution < 1.29 is 14.3 Å². The molecule has 7 heteroatoms. The van der Waals surface area contributed by atoms with Crippen molar-refractivity contribution in [2.75, 3.05) is 26.2 Å². The van der Waals surface area contributed by atoms with Crippen LogP contribution in [0.15, 0.2) is 36.5 Å². The van der Waals surface area contributed by atoms with Crippen molar-refractivity contribution in [1.82, 2.24) is 20.0 Å². The Bertz CT molecular complexity index is 717. The maximum atomic E-state index is 12.3. The highest BCUT2D eigenvalue weighted by Gasteiger charge is 2.25. The number of nitrogens with zero attached hydrogens (tertiary/aromatic N) is 3. The molecule has 0 aliphatic carbocycles. The van der Waals surface area contributed by atoms with E-state index in [9.17, 15) is 4.79 Å². The Hall–Kier alpha value is -2.38. The standard InChI is InChI=1S/C19H26N4O3/c1-15-17(11-21-22(15)2)10-20-12-18-13-23(8-9-25-18)19(24)26-14-16-6-4-3-5-7-16/h3-7,11,18,20H,8-10,12-14H2,1-2H3. The predicted molar refractivity (Wildman–Crippen MR) is 97.6 cm³/mol. The van der Waals surface area contributed by atoms with Crippen LogP contribution in [0.2, 0.25) is 0 Å². The van der Waals surface area contributed by atoms with E-state index in [-0.39, 0.29) is 12.2 Å². The lowest BCUT2D eigenvalue weighted by molar-refractivity contribution is -0.0271. The molecular formula is C19H26N4O3. The van der Waals surface area contributed by atoms with Crippen molar-refractivity contribution in [1.29, 1.82) is 0 Å². The van der Waals surface area contributed by atoms with E-state index in [0.717, 1.165) is 17.8 Å². The first kappa shape index (κ1) is 18.4. The molecule has 7 nitrogen and oxygen atoms in total. The van der Waals surface area contributed by atoms with Gasteiger partial charge < -0.3 is 19.7 Å². The van der Waals surface area contributed by atoms with Gasteiger partial charge in [-0.25, -0.2) is 4.79 Å². The molecular weight excluding hydrogens is 332 g/mol. The summed E-state index contributed by atoms with van der Waals surface area (Å²) in [5.41, 5.74) is 3.30. The molecule has 1 amide bonds. The van der Waals surface area contributed by atoms with Gasteiger partial charge in [0.1, 0.15) is 6.61 Å². The van der Waals surface area contributed by atoms with Crippen molar-refractivity contribution >= 4 is 6.09 Å². The van der Waals surface area contributed by atoms with Gasteiger partial charge in [-0.05, 0) is 12.5 Å². The minimum Gasteiger partial charge on any atom is -0.445 e. The van der Waals surface area contributed by atoms with Gasteiger partial charge >= 0.3 is 6.09 Å². The number of carbonyl (C=O) groups is 1. The van der Waals surface area contributed by atoms with Crippen LogP contribution in [0.4, 0.5) is 4.79 Å². The number of nitrogens with one attached hydrogen (secondary N) is 1. The number of aromatic nitrogens is 2. The van der Waals surface area contributed by atoms with Gasteiger partial charge in [0, 0.05) is 37.9 Å². The molecule has 1 fully saturated rings. The molecule has 1 saturated heterocycles. The minimum absolute atomic E-state index is 0.0370. The molecule has 0 saturated carbocycles. The Morgan fingerprint density at radius 1 is 1.38 bits per heavy atom. The Labute approximate surface area is 153 Å². The largest absolute Gasteiger partial charge is 0.445 e. The first-order chi connectivity index (χ1) is 12.6. The molecule has 2 aromatic rings. The van der Waals surface area contributed by atoms with Crippen LogP contribution in [0.1, 0.15) is 16.8 Å². The molecule has 1 aromatic heterocycles. The smallest absolute Gasteiger partial charge is 0.410 e. The fourth-order valence-corrected chi connectivity index (χ4v) is 2.90. The fourth-order valence-electron chi connectivity index (χ4n) is 2.90. The normalized spacial score (nSPS) is 17.3. The van der Waals surface area contributed by atoms with Crippen LogP contribution in [0.3, 0.4) is 0 Å². The summed E-state index contributed by atoms with van der Waals surface area (Å²) in [5.74, 6) is 0. The zero-order valence-electron chi connectivity index (χ0n) is 15.4. The van der Waals surface area contributed by atoms with Crippen LogP contribution >= 0.6 is 0 Å². The van der Waals surface area contributed by atoms with Gasteiger partial charge in [-0.3, -0.25) is 4.68 Å². The molecule has 1 unspecified atom stereocenters. The maximum absolute atomic E-state index is 12.3. The number of rotatable bonds is 6. The van der Waals surface area contributed by atoms with E-state index in [2.05, 4.69) is 10.4 Å². The lowest BCUT2D eigenvalue weighted by Crippen LogP contribution is -2.49. The third-order valence-corrected chi connectivity index (χ3v) is 4.63. The predicted octanol–water partition coefficient (Wildman–Crippen LogP) is 1.86. The van der Waals surface area contributed by atoms with Crippen molar-refractivity contribution in [3.8, 4) is 0 Å². The van der Waals surface area contributed by atoms with E-state index in [1.54, 1.807) is 4.90 Å². The van der Waals surface area contributed by atoms with Gasteiger partial charge in [0.15, 0.2) is 0 Å². The molecule has 0 radical (unpaired) electrons. The lowest BCUT2D eigenvalue weighted by Gasteiger charge is -2.32. The summed E-state index contributed by atoms with van der Waals surface area (Å²) < 4.78 is 13.0. The fraction of sp³-hybridized carbons (Fsp3) is 0.474. The molecule has 0 spiro atoms. The van der Waals surface area contributed by atoms with Gasteiger partial charge in [0.2, 0.25) is 0 Å². The molecule has 2 heterocycles. The van der Waals surface area contributed by atoms with Gasteiger partial charge in [-0.2, -0.15) is 5.10 Å². The van der Waals surface area contributed by atoms with Crippen molar-refractivity contribution in [2.45, 2.75) is 26.2 Å². The highest BCUT2D eigenvalue weighted by atomic mass is 16.6. The molecule has 3 rings (SSSR count). The zero-order chi connectivity index (χ0) is 18.4. The van der Waals surface area contributed by atoms with Crippen LogP contribution in [0.5, 0.6) is 0 Å². The molecule has 140 valence electrons. The Morgan fingerprint density at radius 2 is 2.19 bits per heavy atom. The quantitative estimate of drug-likeness (QED) is 0.854. The number of ether oxygens (including phenoxy) is 2. The number of morpholine rings is 1. The summed E-state index contributed by atoms with van der Waals surface area (Å²) in [6.07, 6.45) is 1.55. The summed E-state index contributed by atoms with van der Waals surface area (Å²) in [6.45, 7) is 5.37. The van der Waals surface area contributed by atoms with E-state index in [0.29, 0.717) is 32.8 Å². The summed E-state index contributed by atoms with van der Waals surface area (Å²) in [4.78, 5) is 14.0. The number of amides is 1. The molecule has 1 aromatic carbocycles. The van der Waals surface area contributed by atoms with Crippen LogP contribution < -0.4 is 5.32 Å². The summed E-state index contributed by atoms with van der Waals surface area (Å²) in [6, 6.07) is 9.70. The van der Waals surface area contributed by atoms with Crippen molar-refractivity contribution in [3.05, 3.63) is 53.3 Å². The maximum Gasteiger partial charge on any atom is 0.410 e. The Morgan fingerprint density at radius 3 is 2.92 bits per heavy atom. The number of hydrogen-bond donors (Lipinski definition) is 1. The first-order valence-electron chi connectivity index (χ1n) is 8.89. The number of aryl methyl sites for hydroxylation is 1. The second kappa shape index (κ2) is 8.82. The third-order valence-electron chi connectivity index (χ3n) is 4.63. The molecule has 26 heavy (non-hydrogen) atoms. The van der Waals surface area contributed by atoms with Crippen LogP contribution in [-0.2, 0) is 29.7 Å². The summed E-state index contributed by atoms with van der Waals surface area (Å²) in [5, 5.41) is 7.62. The number of carbonyl (C=O) groups excluding carboxylic acids is 1. The van der Waals surface area contributed by atoms with E-state index in [1.165, 1.54) is 5.56 Å². The van der Waals surface area contributed by atoms with Crippen molar-refractivity contribution in [2.24, 2.45) is 7.05 Å². The monoisotopic (exact) mass is 358 g/mol. The third kappa shape index (κ3) is 4.83. The van der Waals surface area contributed by atoms with E-state index in [1.807, 2.05) is 55.2 Å². The SMILES string of the molecule is Cc1c(CNCC2CN(C(=O)OCc3ccccc3)CCO2)cnn1C. The molecule has 1 aliphatic rings. The lowest BCUT2D eigenvalue weighted by atomic mass is 10.2. The molecule has 1 atom stereocenters. The summed E-state index contributed by atoms with van der Waals surface area (Å²) in [7, 11) is 1.93. The average Bonchev–Trinajstić information content (AvgIpc) is 2.99. The first-order valence-corrected chi connectivity index (χ1v) is 8.89. The van der Waals surface area contributed by atoms with E-state index >= 15 is 0 Å². The molecule has 1 aliphatic heterocycles. The van der Waals surface area contributed by atoms with E-state index in [4.69, 9.17) is 9.47 Å². The highest BCUT2D eigenvalue weighted by Crippen LogP contribution is 2.10. The van der Waals surface area contributed by atoms with Crippen molar-refractivity contribution in [3.63, 3.8) is 0 Å². The van der Waals surface area contributed by atoms with E-state index < -0.39 is 0 Å². The molecule has 1 N–H and O–H groups in total. The van der Waals surface area contributed by atoms with Gasteiger partial charge in [0.05, 0.1) is 25.5 Å². The van der Waals surface area contributed by atoms with Gasteiger partial charge in [0.25, 0.3) is 0 Å². The zero-order valence-corrected chi connectivity index (χ0v) is 15.4. The summed E-state index contributed by atoms with van der Waals surface area (Å²) >= 11 is 0. The molecule has 0 bridgehead atoms. The second-order valence-electron chi connectivity index (χ2n) is 6.49. The van der Waals surface area contributed by atoms with Crippen LogP contribution in [0, 0.1) is 6.92 Å². The second-order valence-corrected chi connectivity index (χ2v) is 6.49. The Balaban J connectivity index is 1.41. The minimum atomic E-state index is -0.287. The Kier molecular flexibility index (Phi) is 6.25.